The highest BCUT2D eigenvalue weighted by atomic mass is 14.7. The van der Waals surface area contributed by atoms with Crippen LogP contribution in [-0.2, 0) is 6.42 Å². The zero-order chi connectivity index (χ0) is 10.2. The average molecular weight is 189 g/mol. The third-order valence-corrected chi connectivity index (χ3v) is 3.27. The molecule has 1 nitrogen and oxygen atoms in total. The number of aryl methyl sites for hydroxylation is 1. The van der Waals surface area contributed by atoms with Crippen molar-refractivity contribution < 1.29 is 0 Å². The number of hydrogen-bond donors (Lipinski definition) is 1. The van der Waals surface area contributed by atoms with Crippen molar-refractivity contribution in [1.29, 1.82) is 0 Å². The SMILES string of the molecule is CC(C)(N)C1CCCc2ccccc21. The number of hydrogen-bond acceptors (Lipinski definition) is 1. The summed E-state index contributed by atoms with van der Waals surface area (Å²) in [4.78, 5) is 0. The molecule has 76 valence electrons. The van der Waals surface area contributed by atoms with Crippen molar-refractivity contribution >= 4 is 0 Å². The quantitative estimate of drug-likeness (QED) is 0.722. The standard InChI is InChI=1S/C13H19N/c1-13(2,14)12-9-5-7-10-6-3-4-8-11(10)12/h3-4,6,8,12H,5,7,9,14H2,1-2H3. The summed E-state index contributed by atoms with van der Waals surface area (Å²) in [5.41, 5.74) is 9.12. The summed E-state index contributed by atoms with van der Waals surface area (Å²) in [6.45, 7) is 4.28. The van der Waals surface area contributed by atoms with Crippen LogP contribution in [0.25, 0.3) is 0 Å². The van der Waals surface area contributed by atoms with Gasteiger partial charge in [0.05, 0.1) is 0 Å². The first-order valence-corrected chi connectivity index (χ1v) is 5.46. The van der Waals surface area contributed by atoms with Crippen molar-refractivity contribution in [2.75, 3.05) is 0 Å². The van der Waals surface area contributed by atoms with Crippen LogP contribution in [0.3, 0.4) is 0 Å². The van der Waals surface area contributed by atoms with E-state index in [1.54, 1.807) is 0 Å². The molecule has 1 atom stereocenters. The van der Waals surface area contributed by atoms with E-state index in [9.17, 15) is 0 Å². The third-order valence-electron chi connectivity index (χ3n) is 3.27. The maximum atomic E-state index is 6.23. The number of benzene rings is 1. The normalized spacial score (nSPS) is 21.8. The van der Waals surface area contributed by atoms with Gasteiger partial charge in [-0.15, -0.1) is 0 Å². The fourth-order valence-corrected chi connectivity index (χ4v) is 2.53. The van der Waals surface area contributed by atoms with Gasteiger partial charge < -0.3 is 5.73 Å². The first-order valence-electron chi connectivity index (χ1n) is 5.46. The van der Waals surface area contributed by atoms with Gasteiger partial charge in [-0.2, -0.15) is 0 Å². The Hall–Kier alpha value is -0.820. The molecule has 0 saturated heterocycles. The van der Waals surface area contributed by atoms with Crippen LogP contribution in [0.4, 0.5) is 0 Å². The summed E-state index contributed by atoms with van der Waals surface area (Å²) in [6.07, 6.45) is 3.74. The molecule has 1 aromatic carbocycles. The Morgan fingerprint density at radius 3 is 2.71 bits per heavy atom. The van der Waals surface area contributed by atoms with Crippen LogP contribution < -0.4 is 5.73 Å². The lowest BCUT2D eigenvalue weighted by molar-refractivity contribution is 0.368. The summed E-state index contributed by atoms with van der Waals surface area (Å²) >= 11 is 0. The van der Waals surface area contributed by atoms with E-state index in [2.05, 4.69) is 38.1 Å². The maximum absolute atomic E-state index is 6.23. The van der Waals surface area contributed by atoms with Gasteiger partial charge in [0.15, 0.2) is 0 Å². The van der Waals surface area contributed by atoms with Crippen molar-refractivity contribution in [1.82, 2.24) is 0 Å². The fourth-order valence-electron chi connectivity index (χ4n) is 2.53. The molecule has 0 spiro atoms. The molecule has 0 heterocycles. The van der Waals surface area contributed by atoms with Gasteiger partial charge >= 0.3 is 0 Å². The van der Waals surface area contributed by atoms with Crippen molar-refractivity contribution in [2.24, 2.45) is 5.73 Å². The summed E-state index contributed by atoms with van der Waals surface area (Å²) in [7, 11) is 0. The van der Waals surface area contributed by atoms with Crippen LogP contribution in [-0.4, -0.2) is 5.54 Å². The van der Waals surface area contributed by atoms with E-state index in [0.29, 0.717) is 5.92 Å². The van der Waals surface area contributed by atoms with E-state index in [-0.39, 0.29) is 5.54 Å². The van der Waals surface area contributed by atoms with Crippen LogP contribution in [0.15, 0.2) is 24.3 Å². The minimum absolute atomic E-state index is 0.0868. The topological polar surface area (TPSA) is 26.0 Å². The van der Waals surface area contributed by atoms with Crippen LogP contribution in [0.2, 0.25) is 0 Å². The van der Waals surface area contributed by atoms with Crippen LogP contribution >= 0.6 is 0 Å². The van der Waals surface area contributed by atoms with Gasteiger partial charge in [-0.3, -0.25) is 0 Å². The van der Waals surface area contributed by atoms with Crippen LogP contribution in [0, 0.1) is 0 Å². The lowest BCUT2D eigenvalue weighted by Crippen LogP contribution is -2.40. The highest BCUT2D eigenvalue weighted by Crippen LogP contribution is 2.37. The van der Waals surface area contributed by atoms with Gasteiger partial charge in [0.25, 0.3) is 0 Å². The van der Waals surface area contributed by atoms with Crippen LogP contribution in [0.1, 0.15) is 43.7 Å². The van der Waals surface area contributed by atoms with E-state index in [0.717, 1.165) is 0 Å². The Morgan fingerprint density at radius 2 is 2.00 bits per heavy atom. The van der Waals surface area contributed by atoms with Gasteiger partial charge in [0, 0.05) is 11.5 Å². The molecule has 0 fully saturated rings. The Labute approximate surface area is 86.3 Å². The second-order valence-corrected chi connectivity index (χ2v) is 4.96. The van der Waals surface area contributed by atoms with E-state index in [4.69, 9.17) is 5.73 Å². The molecule has 1 unspecified atom stereocenters. The van der Waals surface area contributed by atoms with Crippen LogP contribution in [0.5, 0.6) is 0 Å². The van der Waals surface area contributed by atoms with Crippen molar-refractivity contribution in [3.05, 3.63) is 35.4 Å². The minimum atomic E-state index is -0.0868. The molecule has 2 rings (SSSR count). The smallest absolute Gasteiger partial charge is 0.0166 e. The lowest BCUT2D eigenvalue weighted by atomic mass is 9.73. The molecule has 0 amide bonds. The van der Waals surface area contributed by atoms with Gasteiger partial charge in [-0.1, -0.05) is 24.3 Å². The van der Waals surface area contributed by atoms with Crippen molar-refractivity contribution in [2.45, 2.75) is 44.6 Å². The average Bonchev–Trinajstić information content (AvgIpc) is 2.15. The van der Waals surface area contributed by atoms with Gasteiger partial charge in [0.2, 0.25) is 0 Å². The van der Waals surface area contributed by atoms with Gasteiger partial charge in [-0.25, -0.2) is 0 Å². The molecular formula is C13H19N. The number of fused-ring (bicyclic) bond motifs is 1. The zero-order valence-corrected chi connectivity index (χ0v) is 9.09. The molecule has 0 saturated carbocycles. The summed E-state index contributed by atoms with van der Waals surface area (Å²) in [5, 5.41) is 0. The molecule has 1 aliphatic rings. The summed E-state index contributed by atoms with van der Waals surface area (Å²) < 4.78 is 0. The molecule has 0 bridgehead atoms. The molecule has 14 heavy (non-hydrogen) atoms. The molecular weight excluding hydrogens is 170 g/mol. The zero-order valence-electron chi connectivity index (χ0n) is 9.09. The predicted octanol–water partition coefficient (Wildman–Crippen LogP) is 2.84. The Morgan fingerprint density at radius 1 is 1.29 bits per heavy atom. The largest absolute Gasteiger partial charge is 0.325 e. The second-order valence-electron chi connectivity index (χ2n) is 4.96. The number of nitrogens with two attached hydrogens (primary N) is 1. The second kappa shape index (κ2) is 3.39. The third kappa shape index (κ3) is 1.69. The Bertz CT molecular complexity index is 322. The fraction of sp³-hybridized carbons (Fsp3) is 0.538. The molecule has 0 aromatic heterocycles. The predicted molar refractivity (Wildman–Crippen MR) is 60.4 cm³/mol. The highest BCUT2D eigenvalue weighted by Gasteiger charge is 2.30. The summed E-state index contributed by atoms with van der Waals surface area (Å²) in [5.74, 6) is 0.535. The highest BCUT2D eigenvalue weighted by molar-refractivity contribution is 5.34. The van der Waals surface area contributed by atoms with E-state index < -0.39 is 0 Å². The molecule has 0 radical (unpaired) electrons. The van der Waals surface area contributed by atoms with E-state index >= 15 is 0 Å². The lowest BCUT2D eigenvalue weighted by Gasteiger charge is -2.35. The Kier molecular flexibility index (Phi) is 2.36. The van der Waals surface area contributed by atoms with Gasteiger partial charge in [0.1, 0.15) is 0 Å². The Balaban J connectivity index is 2.41. The molecule has 1 aliphatic carbocycles. The molecule has 1 heteroatoms. The maximum Gasteiger partial charge on any atom is 0.0166 e. The van der Waals surface area contributed by atoms with Crippen molar-refractivity contribution in [3.63, 3.8) is 0 Å². The van der Waals surface area contributed by atoms with Gasteiger partial charge in [-0.05, 0) is 44.2 Å². The van der Waals surface area contributed by atoms with E-state index in [1.165, 1.54) is 30.4 Å². The van der Waals surface area contributed by atoms with Crippen molar-refractivity contribution in [3.8, 4) is 0 Å². The summed E-state index contributed by atoms with van der Waals surface area (Å²) in [6, 6.07) is 8.74. The molecule has 1 aromatic rings. The first-order chi connectivity index (χ1) is 6.59. The monoisotopic (exact) mass is 189 g/mol. The molecule has 0 aliphatic heterocycles. The minimum Gasteiger partial charge on any atom is -0.325 e. The first kappa shape index (κ1) is 9.72. The molecule has 2 N–H and O–H groups in total. The van der Waals surface area contributed by atoms with E-state index in [1.807, 2.05) is 0 Å². The number of rotatable bonds is 1.